The maximum Gasteiger partial charge on any atom is 0.259 e. The molecule has 1 aromatic carbocycles. The summed E-state index contributed by atoms with van der Waals surface area (Å²) >= 11 is 6.07. The minimum atomic E-state index is -0.348. The van der Waals surface area contributed by atoms with E-state index < -0.39 is 0 Å². The molecule has 0 bridgehead atoms. The number of hydrogen-bond acceptors (Lipinski definition) is 5. The Kier molecular flexibility index (Phi) is 6.78. The van der Waals surface area contributed by atoms with Crippen LogP contribution in [0.3, 0.4) is 0 Å². The van der Waals surface area contributed by atoms with E-state index in [2.05, 4.69) is 9.80 Å². The maximum absolute atomic E-state index is 13.2. The molecular formula is C21H28ClN3O3. The Labute approximate surface area is 170 Å². The summed E-state index contributed by atoms with van der Waals surface area (Å²) in [7, 11) is 0. The molecule has 0 amide bonds. The standard InChI is InChI=1S/C21H28ClN3O3/c1-3-25-15(2)14-18(27)19(21(25)28)20(16-4-6-17(22)7-5-16)24-10-8-23(9-11-24)12-13-26/h4-7,14,20,26-27H,3,8-13H2,1-2H3/t20-/m1/s1. The van der Waals surface area contributed by atoms with Crippen LogP contribution < -0.4 is 5.56 Å². The van der Waals surface area contributed by atoms with Gasteiger partial charge in [-0.05, 0) is 37.6 Å². The highest BCUT2D eigenvalue weighted by Crippen LogP contribution is 2.33. The molecule has 2 heterocycles. The summed E-state index contributed by atoms with van der Waals surface area (Å²) in [5.74, 6) is 0.0323. The van der Waals surface area contributed by atoms with Crippen molar-refractivity contribution in [3.63, 3.8) is 0 Å². The second-order valence-electron chi connectivity index (χ2n) is 7.19. The van der Waals surface area contributed by atoms with Gasteiger partial charge in [-0.3, -0.25) is 14.6 Å². The van der Waals surface area contributed by atoms with E-state index in [-0.39, 0.29) is 24.0 Å². The van der Waals surface area contributed by atoms with E-state index in [9.17, 15) is 15.0 Å². The van der Waals surface area contributed by atoms with Crippen LogP contribution in [0.5, 0.6) is 5.75 Å². The van der Waals surface area contributed by atoms with Crippen LogP contribution in [0, 0.1) is 6.92 Å². The molecule has 1 aromatic heterocycles. The van der Waals surface area contributed by atoms with Gasteiger partial charge in [0, 0.05) is 50.0 Å². The van der Waals surface area contributed by atoms with E-state index in [1.54, 1.807) is 10.6 Å². The Morgan fingerprint density at radius 2 is 1.79 bits per heavy atom. The van der Waals surface area contributed by atoms with Crippen molar-refractivity contribution < 1.29 is 10.2 Å². The molecule has 6 nitrogen and oxygen atoms in total. The number of aryl methyl sites for hydroxylation is 1. The van der Waals surface area contributed by atoms with Crippen LogP contribution >= 0.6 is 11.6 Å². The van der Waals surface area contributed by atoms with Gasteiger partial charge in [-0.2, -0.15) is 0 Å². The molecule has 1 atom stereocenters. The molecule has 2 aromatic rings. The predicted molar refractivity (Wildman–Crippen MR) is 111 cm³/mol. The zero-order valence-electron chi connectivity index (χ0n) is 16.4. The number of pyridine rings is 1. The summed E-state index contributed by atoms with van der Waals surface area (Å²) in [6.07, 6.45) is 0. The minimum Gasteiger partial charge on any atom is -0.507 e. The highest BCUT2D eigenvalue weighted by molar-refractivity contribution is 6.30. The van der Waals surface area contributed by atoms with Gasteiger partial charge < -0.3 is 14.8 Å². The molecule has 3 rings (SSSR count). The van der Waals surface area contributed by atoms with E-state index >= 15 is 0 Å². The Hall–Kier alpha value is -1.86. The lowest BCUT2D eigenvalue weighted by Gasteiger charge is -2.39. The summed E-state index contributed by atoms with van der Waals surface area (Å²) in [5.41, 5.74) is 1.93. The Balaban J connectivity index is 2.06. The molecule has 1 fully saturated rings. The van der Waals surface area contributed by atoms with E-state index in [1.165, 1.54) is 0 Å². The Morgan fingerprint density at radius 3 is 2.36 bits per heavy atom. The molecule has 1 aliphatic rings. The number of benzene rings is 1. The third-order valence-corrected chi connectivity index (χ3v) is 5.74. The van der Waals surface area contributed by atoms with Crippen molar-refractivity contribution in [3.8, 4) is 5.75 Å². The molecule has 0 spiro atoms. The average molecular weight is 406 g/mol. The van der Waals surface area contributed by atoms with Crippen LogP contribution in [0.4, 0.5) is 0 Å². The monoisotopic (exact) mass is 405 g/mol. The summed E-state index contributed by atoms with van der Waals surface area (Å²) in [5, 5.41) is 20.6. The van der Waals surface area contributed by atoms with Gasteiger partial charge in [-0.15, -0.1) is 0 Å². The number of piperazine rings is 1. The molecular weight excluding hydrogens is 378 g/mol. The fourth-order valence-electron chi connectivity index (χ4n) is 4.01. The highest BCUT2D eigenvalue weighted by atomic mass is 35.5. The summed E-state index contributed by atoms with van der Waals surface area (Å²) in [4.78, 5) is 17.7. The smallest absolute Gasteiger partial charge is 0.259 e. The first-order valence-corrected chi connectivity index (χ1v) is 10.1. The minimum absolute atomic E-state index is 0.0323. The third-order valence-electron chi connectivity index (χ3n) is 5.49. The lowest BCUT2D eigenvalue weighted by molar-refractivity contribution is 0.0932. The van der Waals surface area contributed by atoms with Crippen LogP contribution in [0.1, 0.15) is 29.8 Å². The third kappa shape index (κ3) is 4.25. The molecule has 1 aliphatic heterocycles. The number of β-amino-alcohol motifs (C(OH)–C–C–N with tert-alkyl or cyclic N) is 1. The van der Waals surface area contributed by atoms with Gasteiger partial charge in [0.1, 0.15) is 5.75 Å². The number of rotatable bonds is 6. The second-order valence-corrected chi connectivity index (χ2v) is 7.63. The number of nitrogens with zero attached hydrogens (tertiary/aromatic N) is 3. The molecule has 0 aliphatic carbocycles. The Bertz CT molecular complexity index is 858. The number of hydrogen-bond donors (Lipinski definition) is 2. The van der Waals surface area contributed by atoms with Gasteiger partial charge in [0.25, 0.3) is 5.56 Å². The second kappa shape index (κ2) is 9.09. The number of halogens is 1. The zero-order chi connectivity index (χ0) is 20.3. The van der Waals surface area contributed by atoms with E-state index in [0.717, 1.165) is 37.4 Å². The van der Waals surface area contributed by atoms with Crippen molar-refractivity contribution >= 4 is 11.6 Å². The Morgan fingerprint density at radius 1 is 1.14 bits per heavy atom. The number of aromatic hydroxyl groups is 1. The predicted octanol–water partition coefficient (Wildman–Crippen LogP) is 2.23. The van der Waals surface area contributed by atoms with Crippen LogP contribution in [0.2, 0.25) is 5.02 Å². The first-order valence-electron chi connectivity index (χ1n) is 9.72. The van der Waals surface area contributed by atoms with Crippen molar-refractivity contribution in [2.24, 2.45) is 0 Å². The van der Waals surface area contributed by atoms with Gasteiger partial charge in [0.15, 0.2) is 0 Å². The summed E-state index contributed by atoms with van der Waals surface area (Å²) in [6.45, 7) is 8.20. The SMILES string of the molecule is CCn1c(C)cc(O)c([C@@H](c2ccc(Cl)cc2)N2CCN(CCO)CC2)c1=O. The normalized spacial score (nSPS) is 17.0. The van der Waals surface area contributed by atoms with Crippen molar-refractivity contribution in [1.29, 1.82) is 0 Å². The van der Waals surface area contributed by atoms with Gasteiger partial charge in [0.2, 0.25) is 0 Å². The van der Waals surface area contributed by atoms with Crippen LogP contribution in [-0.4, -0.2) is 63.9 Å². The van der Waals surface area contributed by atoms with Crippen molar-refractivity contribution in [2.75, 3.05) is 39.3 Å². The molecule has 1 saturated heterocycles. The van der Waals surface area contributed by atoms with Crippen LogP contribution in [0.15, 0.2) is 35.1 Å². The summed E-state index contributed by atoms with van der Waals surface area (Å²) < 4.78 is 1.69. The van der Waals surface area contributed by atoms with Gasteiger partial charge in [-0.25, -0.2) is 0 Å². The van der Waals surface area contributed by atoms with Crippen LogP contribution in [-0.2, 0) is 6.54 Å². The average Bonchev–Trinajstić information content (AvgIpc) is 2.67. The van der Waals surface area contributed by atoms with Gasteiger partial charge >= 0.3 is 0 Å². The molecule has 0 saturated carbocycles. The maximum atomic E-state index is 13.2. The first kappa shape index (κ1) is 20.9. The van der Waals surface area contributed by atoms with Crippen molar-refractivity contribution in [2.45, 2.75) is 26.4 Å². The molecule has 152 valence electrons. The quantitative estimate of drug-likeness (QED) is 0.771. The number of aromatic nitrogens is 1. The summed E-state index contributed by atoms with van der Waals surface area (Å²) in [6, 6.07) is 8.79. The number of aliphatic hydroxyl groups excluding tert-OH is 1. The molecule has 7 heteroatoms. The molecule has 0 unspecified atom stereocenters. The topological polar surface area (TPSA) is 68.9 Å². The largest absolute Gasteiger partial charge is 0.507 e. The first-order chi connectivity index (χ1) is 13.5. The molecule has 28 heavy (non-hydrogen) atoms. The van der Waals surface area contributed by atoms with Crippen molar-refractivity contribution in [3.05, 3.63) is 62.5 Å². The molecule has 2 N–H and O–H groups in total. The molecule has 0 radical (unpaired) electrons. The highest BCUT2D eigenvalue weighted by Gasteiger charge is 2.31. The van der Waals surface area contributed by atoms with Gasteiger partial charge in [0.05, 0.1) is 18.2 Å². The van der Waals surface area contributed by atoms with E-state index in [4.69, 9.17) is 11.6 Å². The van der Waals surface area contributed by atoms with E-state index in [1.807, 2.05) is 38.1 Å². The van der Waals surface area contributed by atoms with Gasteiger partial charge in [-0.1, -0.05) is 23.7 Å². The number of aliphatic hydroxyl groups is 1. The fraction of sp³-hybridized carbons (Fsp3) is 0.476. The van der Waals surface area contributed by atoms with E-state index in [0.29, 0.717) is 23.7 Å². The fourth-order valence-corrected chi connectivity index (χ4v) is 4.14. The van der Waals surface area contributed by atoms with Crippen molar-refractivity contribution in [1.82, 2.24) is 14.4 Å². The zero-order valence-corrected chi connectivity index (χ0v) is 17.2. The lowest BCUT2D eigenvalue weighted by Crippen LogP contribution is -2.49. The lowest BCUT2D eigenvalue weighted by atomic mass is 9.96. The van der Waals surface area contributed by atoms with Crippen LogP contribution in [0.25, 0.3) is 0 Å².